The first kappa shape index (κ1) is 24.8. The highest BCUT2D eigenvalue weighted by Crippen LogP contribution is 2.38. The molecule has 180 valence electrons. The molecule has 33 heavy (non-hydrogen) atoms. The zero-order valence-electron chi connectivity index (χ0n) is 18.5. The molecule has 7 nitrogen and oxygen atoms in total. The summed E-state index contributed by atoms with van der Waals surface area (Å²) in [6.07, 6.45) is -2.67. The number of ether oxygens (including phenoxy) is 3. The number of carbonyl (C=O) groups is 1. The molecule has 1 fully saturated rings. The molecule has 3 rings (SSSR count). The second-order valence-electron chi connectivity index (χ2n) is 7.54. The maximum Gasteiger partial charge on any atom is 0.417 e. The number of alkyl halides is 3. The van der Waals surface area contributed by atoms with Crippen molar-refractivity contribution in [2.24, 2.45) is 5.92 Å². The maximum atomic E-state index is 12.8. The van der Waals surface area contributed by atoms with Gasteiger partial charge in [0.05, 0.1) is 31.9 Å². The number of pyridine rings is 1. The van der Waals surface area contributed by atoms with Gasteiger partial charge in [-0.2, -0.15) is 13.2 Å². The number of benzene rings is 1. The number of amides is 1. The number of aromatic nitrogens is 1. The van der Waals surface area contributed by atoms with Crippen molar-refractivity contribution in [2.75, 3.05) is 39.3 Å². The molecule has 1 saturated heterocycles. The first-order chi connectivity index (χ1) is 15.7. The van der Waals surface area contributed by atoms with Gasteiger partial charge in [0, 0.05) is 31.7 Å². The normalized spacial score (nSPS) is 14.7. The van der Waals surface area contributed by atoms with Crippen LogP contribution in [0.1, 0.15) is 24.0 Å². The second-order valence-corrected chi connectivity index (χ2v) is 7.95. The van der Waals surface area contributed by atoms with Crippen LogP contribution in [0.15, 0.2) is 24.4 Å². The van der Waals surface area contributed by atoms with Crippen molar-refractivity contribution < 1.29 is 32.2 Å². The summed E-state index contributed by atoms with van der Waals surface area (Å²) in [6, 6.07) is 4.41. The lowest BCUT2D eigenvalue weighted by atomic mass is 9.95. The predicted octanol–water partition coefficient (Wildman–Crippen LogP) is 4.31. The van der Waals surface area contributed by atoms with Gasteiger partial charge in [-0.1, -0.05) is 11.6 Å². The van der Waals surface area contributed by atoms with Crippen LogP contribution < -0.4 is 24.4 Å². The zero-order chi connectivity index (χ0) is 24.2. The number of piperidine rings is 1. The van der Waals surface area contributed by atoms with E-state index in [0.717, 1.165) is 17.8 Å². The summed E-state index contributed by atoms with van der Waals surface area (Å²) < 4.78 is 54.4. The molecular weight excluding hydrogens is 463 g/mol. The molecule has 0 spiro atoms. The number of anilines is 1. The summed E-state index contributed by atoms with van der Waals surface area (Å²) in [7, 11) is 4.55. The Hall–Kier alpha value is -2.88. The molecule has 2 aromatic rings. The standard InChI is InChI=1S/C22H25ClF3N3O4/c1-31-17-8-13(9-18(32-2)19(17)33-3)11-28-21(30)14-4-6-29(7-5-14)20-16(23)10-15(12-27-20)22(24,25)26/h8-10,12,14H,4-7,11H2,1-3H3,(H,28,30). The monoisotopic (exact) mass is 487 g/mol. The topological polar surface area (TPSA) is 72.9 Å². The molecule has 0 bridgehead atoms. The van der Waals surface area contributed by atoms with Crippen molar-refractivity contribution >= 4 is 23.3 Å². The summed E-state index contributed by atoms with van der Waals surface area (Å²) in [5, 5.41) is 2.86. The SMILES string of the molecule is COc1cc(CNC(=O)C2CCN(c3ncc(C(F)(F)F)cc3Cl)CC2)cc(OC)c1OC. The fourth-order valence-corrected chi connectivity index (χ4v) is 4.03. The second kappa shape index (κ2) is 10.4. The van der Waals surface area contributed by atoms with Crippen LogP contribution in [0, 0.1) is 5.92 Å². The molecule has 1 aliphatic heterocycles. The van der Waals surface area contributed by atoms with E-state index in [-0.39, 0.29) is 23.4 Å². The molecule has 0 radical (unpaired) electrons. The number of halogens is 4. The van der Waals surface area contributed by atoms with Crippen LogP contribution in [0.4, 0.5) is 19.0 Å². The van der Waals surface area contributed by atoms with E-state index in [1.165, 1.54) is 21.3 Å². The van der Waals surface area contributed by atoms with Gasteiger partial charge in [-0.3, -0.25) is 4.79 Å². The zero-order valence-corrected chi connectivity index (χ0v) is 19.2. The minimum absolute atomic E-state index is 0.0601. The molecule has 1 amide bonds. The Kier molecular flexibility index (Phi) is 7.78. The van der Waals surface area contributed by atoms with E-state index in [4.69, 9.17) is 25.8 Å². The maximum absolute atomic E-state index is 12.8. The molecule has 0 unspecified atom stereocenters. The molecule has 2 heterocycles. The molecule has 0 aliphatic carbocycles. The van der Waals surface area contributed by atoms with Crippen LogP contribution in [0.2, 0.25) is 5.02 Å². The van der Waals surface area contributed by atoms with Crippen LogP contribution in [0.25, 0.3) is 0 Å². The first-order valence-electron chi connectivity index (χ1n) is 10.2. The van der Waals surface area contributed by atoms with Gasteiger partial charge in [0.2, 0.25) is 11.7 Å². The largest absolute Gasteiger partial charge is 0.493 e. The molecule has 0 atom stereocenters. The third kappa shape index (κ3) is 5.73. The summed E-state index contributed by atoms with van der Waals surface area (Å²) in [6.45, 7) is 1.20. The van der Waals surface area contributed by atoms with Crippen molar-refractivity contribution in [1.29, 1.82) is 0 Å². The van der Waals surface area contributed by atoms with Gasteiger partial charge in [0.25, 0.3) is 0 Å². The van der Waals surface area contributed by atoms with Crippen LogP contribution in [-0.2, 0) is 17.5 Å². The lowest BCUT2D eigenvalue weighted by Gasteiger charge is -2.32. The fraction of sp³-hybridized carbons (Fsp3) is 0.455. The van der Waals surface area contributed by atoms with E-state index in [0.29, 0.717) is 49.0 Å². The summed E-state index contributed by atoms with van der Waals surface area (Å²) in [4.78, 5) is 18.4. The number of nitrogens with zero attached hydrogens (tertiary/aromatic N) is 2. The molecular formula is C22H25ClF3N3O4. The van der Waals surface area contributed by atoms with E-state index in [1.807, 2.05) is 0 Å². The minimum Gasteiger partial charge on any atom is -0.493 e. The van der Waals surface area contributed by atoms with Crippen LogP contribution in [0.5, 0.6) is 17.2 Å². The average molecular weight is 488 g/mol. The van der Waals surface area contributed by atoms with Crippen LogP contribution in [-0.4, -0.2) is 45.3 Å². The minimum atomic E-state index is -4.50. The van der Waals surface area contributed by atoms with Crippen molar-refractivity contribution in [3.8, 4) is 17.2 Å². The highest BCUT2D eigenvalue weighted by atomic mass is 35.5. The predicted molar refractivity (Wildman–Crippen MR) is 117 cm³/mol. The van der Waals surface area contributed by atoms with Crippen molar-refractivity contribution in [1.82, 2.24) is 10.3 Å². The molecule has 1 N–H and O–H groups in total. The molecule has 0 saturated carbocycles. The third-order valence-corrected chi connectivity index (χ3v) is 5.78. The van der Waals surface area contributed by atoms with Gasteiger partial charge in [-0.15, -0.1) is 0 Å². The fourth-order valence-electron chi connectivity index (χ4n) is 3.74. The Morgan fingerprint density at radius 3 is 2.21 bits per heavy atom. The van der Waals surface area contributed by atoms with Crippen LogP contribution >= 0.6 is 11.6 Å². The van der Waals surface area contributed by atoms with Gasteiger partial charge in [-0.05, 0) is 36.6 Å². The number of hydrogen-bond acceptors (Lipinski definition) is 6. The smallest absolute Gasteiger partial charge is 0.417 e. The summed E-state index contributed by atoms with van der Waals surface area (Å²) in [5.41, 5.74) is -0.103. The Bertz CT molecular complexity index is 970. The molecule has 1 aliphatic rings. The quantitative estimate of drug-likeness (QED) is 0.627. The van der Waals surface area contributed by atoms with E-state index >= 15 is 0 Å². The Labute approximate surface area is 194 Å². The molecule has 11 heteroatoms. The Balaban J connectivity index is 1.58. The number of carbonyl (C=O) groups excluding carboxylic acids is 1. The van der Waals surface area contributed by atoms with Gasteiger partial charge >= 0.3 is 6.18 Å². The van der Waals surface area contributed by atoms with Gasteiger partial charge in [0.15, 0.2) is 11.5 Å². The first-order valence-corrected chi connectivity index (χ1v) is 10.6. The number of nitrogens with one attached hydrogen (secondary N) is 1. The average Bonchev–Trinajstić information content (AvgIpc) is 2.81. The highest BCUT2D eigenvalue weighted by Gasteiger charge is 2.33. The van der Waals surface area contributed by atoms with Gasteiger partial charge in [0.1, 0.15) is 5.82 Å². The van der Waals surface area contributed by atoms with Gasteiger partial charge in [-0.25, -0.2) is 4.98 Å². The Morgan fingerprint density at radius 1 is 1.12 bits per heavy atom. The lowest BCUT2D eigenvalue weighted by molar-refractivity contribution is -0.137. The Morgan fingerprint density at radius 2 is 1.73 bits per heavy atom. The number of methoxy groups -OCH3 is 3. The van der Waals surface area contributed by atoms with Crippen molar-refractivity contribution in [3.05, 3.63) is 40.5 Å². The third-order valence-electron chi connectivity index (χ3n) is 5.51. The van der Waals surface area contributed by atoms with E-state index in [9.17, 15) is 18.0 Å². The van der Waals surface area contributed by atoms with E-state index in [1.54, 1.807) is 17.0 Å². The lowest BCUT2D eigenvalue weighted by Crippen LogP contribution is -2.40. The van der Waals surface area contributed by atoms with Crippen LogP contribution in [0.3, 0.4) is 0 Å². The van der Waals surface area contributed by atoms with E-state index in [2.05, 4.69) is 10.3 Å². The number of rotatable bonds is 7. The van der Waals surface area contributed by atoms with Crippen molar-refractivity contribution in [2.45, 2.75) is 25.6 Å². The summed E-state index contributed by atoms with van der Waals surface area (Å²) in [5.74, 6) is 1.43. The van der Waals surface area contributed by atoms with Gasteiger partial charge < -0.3 is 24.4 Å². The summed E-state index contributed by atoms with van der Waals surface area (Å²) >= 11 is 6.04. The molecule has 1 aromatic heterocycles. The number of hydrogen-bond donors (Lipinski definition) is 1. The van der Waals surface area contributed by atoms with Crippen molar-refractivity contribution in [3.63, 3.8) is 0 Å². The molecule has 1 aromatic carbocycles. The highest BCUT2D eigenvalue weighted by molar-refractivity contribution is 6.33. The van der Waals surface area contributed by atoms with E-state index < -0.39 is 11.7 Å².